The number of thioether (sulfide) groups is 1. The van der Waals surface area contributed by atoms with E-state index in [9.17, 15) is 4.79 Å². The molecule has 0 radical (unpaired) electrons. The Hall–Kier alpha value is -3.30. The fourth-order valence-corrected chi connectivity index (χ4v) is 4.30. The molecule has 1 aromatic heterocycles. The van der Waals surface area contributed by atoms with Crippen LogP contribution in [0.3, 0.4) is 0 Å². The van der Waals surface area contributed by atoms with Crippen molar-refractivity contribution in [3.8, 4) is 0 Å². The number of unbranched alkanes of at least 4 members (excludes halogenated alkanes) is 2. The highest BCUT2D eigenvalue weighted by atomic mass is 35.5. The number of amides is 1. The summed E-state index contributed by atoms with van der Waals surface area (Å²) in [6.07, 6.45) is 9.32. The topological polar surface area (TPSA) is 122 Å². The van der Waals surface area contributed by atoms with E-state index in [1.54, 1.807) is 18.0 Å². The van der Waals surface area contributed by atoms with Crippen LogP contribution in [0, 0.1) is 0 Å². The molecule has 0 aliphatic carbocycles. The zero-order valence-electron chi connectivity index (χ0n) is 19.3. The third-order valence-corrected chi connectivity index (χ3v) is 6.29. The second-order valence-corrected chi connectivity index (χ2v) is 9.27. The minimum atomic E-state index is -1.82. The van der Waals surface area contributed by atoms with Gasteiger partial charge in [0, 0.05) is 41.0 Å². The van der Waals surface area contributed by atoms with Gasteiger partial charge < -0.3 is 20.1 Å². The summed E-state index contributed by atoms with van der Waals surface area (Å²) in [6, 6.07) is 16.0. The summed E-state index contributed by atoms with van der Waals surface area (Å²) >= 11 is 7.85. The zero-order chi connectivity index (χ0) is 25.6. The number of benzene rings is 2. The van der Waals surface area contributed by atoms with Crippen LogP contribution in [0.4, 0.5) is 5.69 Å². The Kier molecular flexibility index (Phi) is 11.9. The standard InChI is InChI=1S/C23H26ClN3OS.C2H2O4/c1-2-3-4-5-23(28)26-20-10-12-21(13-11-20)29-22(16-27-15-14-25-17-27)18-6-8-19(24)9-7-18;3-1(4)2(5)6/h6-15,17,22H,2-5,16H2,1H3,(H,26,28);(H,3,4)(H,5,6). The second kappa shape index (κ2) is 14.9. The Bertz CT molecular complexity index is 1060. The van der Waals surface area contributed by atoms with Crippen LogP contribution in [0.2, 0.25) is 5.02 Å². The molecule has 10 heteroatoms. The maximum absolute atomic E-state index is 12.0. The third kappa shape index (κ3) is 10.7. The molecule has 0 saturated heterocycles. The first kappa shape index (κ1) is 27.9. The minimum Gasteiger partial charge on any atom is -0.473 e. The third-order valence-electron chi connectivity index (χ3n) is 4.78. The maximum Gasteiger partial charge on any atom is 0.414 e. The van der Waals surface area contributed by atoms with E-state index in [1.807, 2.05) is 36.8 Å². The van der Waals surface area contributed by atoms with Gasteiger partial charge in [0.25, 0.3) is 0 Å². The minimum absolute atomic E-state index is 0.0815. The van der Waals surface area contributed by atoms with E-state index < -0.39 is 11.9 Å². The van der Waals surface area contributed by atoms with Gasteiger partial charge in [-0.05, 0) is 48.4 Å². The van der Waals surface area contributed by atoms with Crippen molar-refractivity contribution in [1.82, 2.24) is 9.55 Å². The van der Waals surface area contributed by atoms with Gasteiger partial charge in [-0.2, -0.15) is 0 Å². The van der Waals surface area contributed by atoms with Crippen LogP contribution in [0.1, 0.15) is 43.4 Å². The molecule has 3 rings (SSSR count). The predicted molar refractivity (Wildman–Crippen MR) is 137 cm³/mol. The summed E-state index contributed by atoms with van der Waals surface area (Å²) < 4.78 is 2.08. The second-order valence-electron chi connectivity index (χ2n) is 7.56. The smallest absolute Gasteiger partial charge is 0.414 e. The molecule has 2 aromatic carbocycles. The molecule has 186 valence electrons. The first-order valence-electron chi connectivity index (χ1n) is 11.0. The molecule has 3 aromatic rings. The van der Waals surface area contributed by atoms with Gasteiger partial charge in [-0.15, -0.1) is 11.8 Å². The van der Waals surface area contributed by atoms with E-state index >= 15 is 0 Å². The van der Waals surface area contributed by atoms with Crippen LogP contribution in [-0.2, 0) is 20.9 Å². The lowest BCUT2D eigenvalue weighted by Gasteiger charge is -2.18. The van der Waals surface area contributed by atoms with E-state index in [2.05, 4.69) is 46.1 Å². The van der Waals surface area contributed by atoms with Crippen LogP contribution >= 0.6 is 23.4 Å². The number of carbonyl (C=O) groups is 3. The Labute approximate surface area is 213 Å². The summed E-state index contributed by atoms with van der Waals surface area (Å²) in [4.78, 5) is 35.5. The molecule has 1 unspecified atom stereocenters. The van der Waals surface area contributed by atoms with E-state index in [4.69, 9.17) is 31.4 Å². The normalized spacial score (nSPS) is 11.1. The SMILES string of the molecule is CCCCCC(=O)Nc1ccc(SC(Cn2ccnc2)c2ccc(Cl)cc2)cc1.O=C(O)C(=O)O. The zero-order valence-corrected chi connectivity index (χ0v) is 20.8. The van der Waals surface area contributed by atoms with Crippen LogP contribution in [-0.4, -0.2) is 37.6 Å². The molecular weight excluding hydrogens is 490 g/mol. The Morgan fingerprint density at radius 3 is 2.23 bits per heavy atom. The summed E-state index contributed by atoms with van der Waals surface area (Å²) in [7, 11) is 0. The van der Waals surface area contributed by atoms with Crippen molar-refractivity contribution in [3.63, 3.8) is 0 Å². The van der Waals surface area contributed by atoms with Crippen molar-refractivity contribution in [2.45, 2.75) is 49.3 Å². The lowest BCUT2D eigenvalue weighted by atomic mass is 10.1. The van der Waals surface area contributed by atoms with Crippen molar-refractivity contribution in [3.05, 3.63) is 77.8 Å². The highest BCUT2D eigenvalue weighted by Gasteiger charge is 2.14. The lowest BCUT2D eigenvalue weighted by molar-refractivity contribution is -0.159. The van der Waals surface area contributed by atoms with E-state index in [0.29, 0.717) is 6.42 Å². The molecule has 3 N–H and O–H groups in total. The quantitative estimate of drug-likeness (QED) is 0.178. The number of carboxylic acids is 2. The molecule has 0 aliphatic rings. The number of aromatic nitrogens is 2. The van der Waals surface area contributed by atoms with E-state index in [1.165, 1.54) is 5.56 Å². The summed E-state index contributed by atoms with van der Waals surface area (Å²) in [5.41, 5.74) is 2.05. The molecule has 1 heterocycles. The van der Waals surface area contributed by atoms with Gasteiger partial charge in [-0.25, -0.2) is 14.6 Å². The molecular formula is C25H28ClN3O5S. The van der Waals surface area contributed by atoms with E-state index in [-0.39, 0.29) is 11.2 Å². The van der Waals surface area contributed by atoms with Crippen LogP contribution < -0.4 is 5.32 Å². The lowest BCUT2D eigenvalue weighted by Crippen LogP contribution is -2.10. The predicted octanol–water partition coefficient (Wildman–Crippen LogP) is 5.74. The molecule has 0 fully saturated rings. The molecule has 35 heavy (non-hydrogen) atoms. The molecule has 0 aliphatic heterocycles. The Morgan fingerprint density at radius 2 is 1.69 bits per heavy atom. The number of hydrogen-bond donors (Lipinski definition) is 3. The molecule has 0 saturated carbocycles. The summed E-state index contributed by atoms with van der Waals surface area (Å²) in [5, 5.41) is 18.7. The number of rotatable bonds is 10. The first-order chi connectivity index (χ1) is 16.8. The number of carbonyl (C=O) groups excluding carboxylic acids is 1. The van der Waals surface area contributed by atoms with Crippen LogP contribution in [0.5, 0.6) is 0 Å². The van der Waals surface area contributed by atoms with Gasteiger partial charge >= 0.3 is 11.9 Å². The van der Waals surface area contributed by atoms with Crippen molar-refractivity contribution in [1.29, 1.82) is 0 Å². The van der Waals surface area contributed by atoms with E-state index in [0.717, 1.165) is 41.4 Å². The monoisotopic (exact) mass is 517 g/mol. The van der Waals surface area contributed by atoms with Gasteiger partial charge in [-0.1, -0.05) is 43.5 Å². The van der Waals surface area contributed by atoms with Crippen molar-refractivity contribution in [2.24, 2.45) is 0 Å². The van der Waals surface area contributed by atoms with Gasteiger partial charge in [-0.3, -0.25) is 4.79 Å². The number of nitrogens with zero attached hydrogens (tertiary/aromatic N) is 2. The number of nitrogens with one attached hydrogen (secondary N) is 1. The summed E-state index contributed by atoms with van der Waals surface area (Å²) in [6.45, 7) is 2.95. The number of imidazole rings is 1. The number of hydrogen-bond acceptors (Lipinski definition) is 5. The molecule has 1 amide bonds. The number of anilines is 1. The Balaban J connectivity index is 0.000000641. The highest BCUT2D eigenvalue weighted by molar-refractivity contribution is 7.99. The number of carboxylic acid groups (broad SMARTS) is 2. The highest BCUT2D eigenvalue weighted by Crippen LogP contribution is 2.37. The number of aliphatic carboxylic acids is 2. The first-order valence-corrected chi connectivity index (χ1v) is 12.3. The Morgan fingerprint density at radius 1 is 1.03 bits per heavy atom. The van der Waals surface area contributed by atoms with Gasteiger partial charge in [0.1, 0.15) is 0 Å². The van der Waals surface area contributed by atoms with Gasteiger partial charge in [0.15, 0.2) is 0 Å². The van der Waals surface area contributed by atoms with Crippen LogP contribution in [0.25, 0.3) is 0 Å². The molecule has 0 bridgehead atoms. The molecule has 1 atom stereocenters. The van der Waals surface area contributed by atoms with Gasteiger partial charge in [0.2, 0.25) is 5.91 Å². The average Bonchev–Trinajstić information content (AvgIpc) is 3.34. The van der Waals surface area contributed by atoms with Gasteiger partial charge in [0.05, 0.1) is 11.6 Å². The average molecular weight is 518 g/mol. The van der Waals surface area contributed by atoms with Crippen molar-refractivity contribution in [2.75, 3.05) is 5.32 Å². The van der Waals surface area contributed by atoms with Crippen molar-refractivity contribution < 1.29 is 24.6 Å². The maximum atomic E-state index is 12.0. The molecule has 8 nitrogen and oxygen atoms in total. The fourth-order valence-electron chi connectivity index (χ4n) is 3.01. The van der Waals surface area contributed by atoms with Crippen molar-refractivity contribution >= 4 is 46.9 Å². The van der Waals surface area contributed by atoms with Crippen LogP contribution in [0.15, 0.2) is 72.1 Å². The summed E-state index contributed by atoms with van der Waals surface area (Å²) in [5.74, 6) is -3.57. The number of halogens is 1. The largest absolute Gasteiger partial charge is 0.473 e. The fraction of sp³-hybridized carbons (Fsp3) is 0.280. The molecule has 0 spiro atoms.